The summed E-state index contributed by atoms with van der Waals surface area (Å²) in [6.45, 7) is 4.94. The molecule has 0 saturated carbocycles. The fraction of sp³-hybridized carbons (Fsp3) is 0.900. The summed E-state index contributed by atoms with van der Waals surface area (Å²) in [5.74, 6) is -0.754. The highest BCUT2D eigenvalue weighted by Gasteiger charge is 2.31. The Kier molecular flexibility index (Phi) is 5.41. The summed E-state index contributed by atoms with van der Waals surface area (Å²) in [7, 11) is 0. The molecule has 0 aliphatic heterocycles. The van der Waals surface area contributed by atoms with Gasteiger partial charge in [-0.25, -0.2) is 0 Å². The molecule has 17 heavy (non-hydrogen) atoms. The maximum absolute atomic E-state index is 11.9. The molecule has 0 heterocycles. The van der Waals surface area contributed by atoms with Gasteiger partial charge in [-0.3, -0.25) is 10.1 Å². The number of alkyl halides is 3. The van der Waals surface area contributed by atoms with E-state index >= 15 is 0 Å². The number of hydrogen-bond acceptors (Lipinski definition) is 3. The highest BCUT2D eigenvalue weighted by Crippen LogP contribution is 2.13. The molecule has 0 aromatic carbocycles. The zero-order valence-corrected chi connectivity index (χ0v) is 10.4. The van der Waals surface area contributed by atoms with E-state index in [-0.39, 0.29) is 0 Å². The second kappa shape index (κ2) is 5.68. The summed E-state index contributed by atoms with van der Waals surface area (Å²) in [5.41, 5.74) is -0.755. The average molecular weight is 256 g/mol. The first-order valence-corrected chi connectivity index (χ1v) is 5.26. The van der Waals surface area contributed by atoms with Crippen molar-refractivity contribution in [3.8, 4) is 0 Å². The zero-order chi connectivity index (χ0) is 13.9. The van der Waals surface area contributed by atoms with Crippen LogP contribution in [0.3, 0.4) is 0 Å². The summed E-state index contributed by atoms with van der Waals surface area (Å²) in [4.78, 5) is 11.3. The molecule has 0 saturated heterocycles. The van der Waals surface area contributed by atoms with E-state index in [1.807, 2.05) is 0 Å². The van der Waals surface area contributed by atoms with Crippen LogP contribution in [0.2, 0.25) is 0 Å². The largest absolute Gasteiger partial charge is 0.405 e. The van der Waals surface area contributed by atoms with Gasteiger partial charge in [-0.1, -0.05) is 0 Å². The van der Waals surface area contributed by atoms with Crippen LogP contribution in [0.25, 0.3) is 0 Å². The number of nitrogens with one attached hydrogen (secondary N) is 2. The molecule has 0 aliphatic carbocycles. The molecule has 102 valence electrons. The first-order chi connectivity index (χ1) is 7.46. The number of amides is 1. The van der Waals surface area contributed by atoms with E-state index in [2.05, 4.69) is 5.32 Å². The minimum atomic E-state index is -4.42. The zero-order valence-electron chi connectivity index (χ0n) is 10.4. The number of carbonyl (C=O) groups excluding carboxylic acids is 1. The quantitative estimate of drug-likeness (QED) is 0.682. The summed E-state index contributed by atoms with van der Waals surface area (Å²) >= 11 is 0. The number of aliphatic hydroxyl groups excluding tert-OH is 1. The van der Waals surface area contributed by atoms with Crippen molar-refractivity contribution in [3.05, 3.63) is 0 Å². The van der Waals surface area contributed by atoms with Crippen molar-refractivity contribution in [1.82, 2.24) is 10.6 Å². The second-order valence-corrected chi connectivity index (χ2v) is 4.60. The van der Waals surface area contributed by atoms with Gasteiger partial charge in [-0.05, 0) is 27.7 Å². The number of carbonyl (C=O) groups is 1. The Labute approximate surface area is 98.6 Å². The summed E-state index contributed by atoms with van der Waals surface area (Å²) < 4.78 is 35.6. The molecule has 0 bridgehead atoms. The van der Waals surface area contributed by atoms with Crippen LogP contribution in [0.1, 0.15) is 27.7 Å². The van der Waals surface area contributed by atoms with E-state index in [9.17, 15) is 23.1 Å². The van der Waals surface area contributed by atoms with E-state index in [0.29, 0.717) is 0 Å². The number of hydrogen-bond donors (Lipinski definition) is 3. The van der Waals surface area contributed by atoms with Crippen LogP contribution in [0, 0.1) is 0 Å². The van der Waals surface area contributed by atoms with Gasteiger partial charge in [0.25, 0.3) is 0 Å². The van der Waals surface area contributed by atoms with Crippen LogP contribution < -0.4 is 10.6 Å². The third kappa shape index (κ3) is 6.48. The second-order valence-electron chi connectivity index (χ2n) is 4.60. The van der Waals surface area contributed by atoms with E-state index < -0.39 is 36.3 Å². The first-order valence-electron chi connectivity index (χ1n) is 5.26. The lowest BCUT2D eigenvalue weighted by Gasteiger charge is -2.32. The Morgan fingerprint density at radius 3 is 2.12 bits per heavy atom. The molecule has 2 atom stereocenters. The lowest BCUT2D eigenvalue weighted by molar-refractivity contribution is -0.139. The van der Waals surface area contributed by atoms with Gasteiger partial charge in [0.2, 0.25) is 5.91 Å². The van der Waals surface area contributed by atoms with Crippen molar-refractivity contribution in [2.75, 3.05) is 6.54 Å². The topological polar surface area (TPSA) is 61.4 Å². The molecular formula is C10H19F3N2O2. The molecule has 0 aliphatic rings. The lowest BCUT2D eigenvalue weighted by Crippen LogP contribution is -2.56. The maximum atomic E-state index is 11.9. The molecule has 0 fully saturated rings. The molecule has 0 aromatic rings. The smallest absolute Gasteiger partial charge is 0.392 e. The molecular weight excluding hydrogens is 237 g/mol. The molecule has 1 amide bonds. The fourth-order valence-electron chi connectivity index (χ4n) is 1.08. The molecule has 7 heteroatoms. The van der Waals surface area contributed by atoms with Crippen molar-refractivity contribution < 1.29 is 23.1 Å². The highest BCUT2D eigenvalue weighted by atomic mass is 19.4. The van der Waals surface area contributed by atoms with Crippen molar-refractivity contribution in [2.45, 2.75) is 51.6 Å². The third-order valence-electron chi connectivity index (χ3n) is 2.49. The van der Waals surface area contributed by atoms with Gasteiger partial charge in [0.15, 0.2) is 0 Å². The molecule has 0 spiro atoms. The molecule has 2 unspecified atom stereocenters. The van der Waals surface area contributed by atoms with Crippen molar-refractivity contribution in [2.24, 2.45) is 0 Å². The summed E-state index contributed by atoms with van der Waals surface area (Å²) in [5, 5.41) is 13.9. The minimum Gasteiger partial charge on any atom is -0.392 e. The van der Waals surface area contributed by atoms with Gasteiger partial charge >= 0.3 is 6.18 Å². The molecule has 4 nitrogen and oxygen atoms in total. The molecule has 0 aromatic heterocycles. The van der Waals surface area contributed by atoms with E-state index in [1.54, 1.807) is 19.2 Å². The Bertz CT molecular complexity index is 265. The Hall–Kier alpha value is -0.820. The first kappa shape index (κ1) is 16.2. The van der Waals surface area contributed by atoms with E-state index in [1.165, 1.54) is 13.8 Å². The minimum absolute atomic E-state index is 0.736. The normalized spacial score (nSPS) is 16.5. The molecule has 0 rings (SSSR count). The van der Waals surface area contributed by atoms with Crippen LogP contribution in [-0.4, -0.2) is 41.4 Å². The maximum Gasteiger partial charge on any atom is 0.405 e. The van der Waals surface area contributed by atoms with Gasteiger partial charge < -0.3 is 10.4 Å². The Balaban J connectivity index is 4.24. The SMILES string of the molecule is CC(NC(C)(C)C(C)O)C(=O)NCC(F)(F)F. The summed E-state index contributed by atoms with van der Waals surface area (Å²) in [6.07, 6.45) is -5.16. The Morgan fingerprint density at radius 1 is 1.29 bits per heavy atom. The number of rotatable bonds is 5. The van der Waals surface area contributed by atoms with Gasteiger partial charge in [0.05, 0.1) is 12.1 Å². The monoisotopic (exact) mass is 256 g/mol. The Morgan fingerprint density at radius 2 is 1.76 bits per heavy atom. The predicted molar refractivity (Wildman–Crippen MR) is 57.4 cm³/mol. The number of halogens is 3. The van der Waals surface area contributed by atoms with Crippen molar-refractivity contribution >= 4 is 5.91 Å². The average Bonchev–Trinajstić information content (AvgIpc) is 2.11. The summed E-state index contributed by atoms with van der Waals surface area (Å²) in [6, 6.07) is -0.818. The van der Waals surface area contributed by atoms with Crippen LogP contribution >= 0.6 is 0 Å². The molecule has 3 N–H and O–H groups in total. The van der Waals surface area contributed by atoms with Gasteiger partial charge in [0, 0.05) is 5.54 Å². The van der Waals surface area contributed by atoms with Gasteiger partial charge in [-0.2, -0.15) is 13.2 Å². The molecule has 0 radical (unpaired) electrons. The van der Waals surface area contributed by atoms with Crippen LogP contribution in [-0.2, 0) is 4.79 Å². The van der Waals surface area contributed by atoms with Crippen LogP contribution in [0.4, 0.5) is 13.2 Å². The van der Waals surface area contributed by atoms with E-state index in [4.69, 9.17) is 0 Å². The van der Waals surface area contributed by atoms with Crippen LogP contribution in [0.15, 0.2) is 0 Å². The number of aliphatic hydroxyl groups is 1. The fourth-order valence-corrected chi connectivity index (χ4v) is 1.08. The van der Waals surface area contributed by atoms with Crippen molar-refractivity contribution in [3.63, 3.8) is 0 Å². The van der Waals surface area contributed by atoms with Gasteiger partial charge in [0.1, 0.15) is 6.54 Å². The highest BCUT2D eigenvalue weighted by molar-refractivity contribution is 5.81. The van der Waals surface area contributed by atoms with E-state index in [0.717, 1.165) is 0 Å². The predicted octanol–water partition coefficient (Wildman–Crippen LogP) is 0.802. The lowest BCUT2D eigenvalue weighted by atomic mass is 9.97. The van der Waals surface area contributed by atoms with Crippen molar-refractivity contribution in [1.29, 1.82) is 0 Å². The third-order valence-corrected chi connectivity index (χ3v) is 2.49. The van der Waals surface area contributed by atoms with Gasteiger partial charge in [-0.15, -0.1) is 0 Å². The standard InChI is InChI=1S/C10H19F3N2O2/c1-6(15-9(3,4)7(2)16)8(17)14-5-10(11,12)13/h6-7,15-16H,5H2,1-4H3,(H,14,17). The van der Waals surface area contributed by atoms with Crippen LogP contribution in [0.5, 0.6) is 0 Å².